The Kier molecular flexibility index (Phi) is 3.50. The Morgan fingerprint density at radius 3 is 2.40 bits per heavy atom. The number of hydrogen-bond donors (Lipinski definition) is 1. The van der Waals surface area contributed by atoms with Crippen LogP contribution >= 0.6 is 11.6 Å². The maximum absolute atomic E-state index is 8.95. The van der Waals surface area contributed by atoms with Gasteiger partial charge in [0.15, 0.2) is 0 Å². The molecule has 0 bridgehead atoms. The van der Waals surface area contributed by atoms with Crippen LogP contribution in [0.15, 0.2) is 48.8 Å². The number of hydrogen-bond acceptors (Lipinski definition) is 4. The number of halogens is 1. The molecule has 0 amide bonds. The van der Waals surface area contributed by atoms with E-state index < -0.39 is 0 Å². The van der Waals surface area contributed by atoms with Crippen LogP contribution in [0.1, 0.15) is 5.56 Å². The van der Waals surface area contributed by atoms with Crippen molar-refractivity contribution in [3.8, 4) is 11.8 Å². The van der Waals surface area contributed by atoms with Crippen LogP contribution in [0.5, 0.6) is 11.8 Å². The first-order chi connectivity index (χ1) is 9.78. The molecule has 0 saturated carbocycles. The average Bonchev–Trinajstić information content (AvgIpc) is 2.51. The van der Waals surface area contributed by atoms with Crippen LogP contribution in [0.2, 0.25) is 5.02 Å². The second-order valence-electron chi connectivity index (χ2n) is 4.23. The fourth-order valence-corrected chi connectivity index (χ4v) is 2.13. The zero-order valence-electron chi connectivity index (χ0n) is 10.5. The molecule has 3 rings (SSSR count). The van der Waals surface area contributed by atoms with Crippen molar-refractivity contribution in [2.75, 3.05) is 0 Å². The van der Waals surface area contributed by atoms with Gasteiger partial charge in [0.25, 0.3) is 0 Å². The quantitative estimate of drug-likeness (QED) is 0.800. The highest BCUT2D eigenvalue weighted by Gasteiger charge is 2.07. The third-order valence-corrected chi connectivity index (χ3v) is 3.23. The molecule has 0 aliphatic carbocycles. The lowest BCUT2D eigenvalue weighted by Gasteiger charge is -2.08. The number of aliphatic hydroxyl groups excluding tert-OH is 1. The number of aliphatic hydroxyl groups is 1. The molecule has 20 heavy (non-hydrogen) atoms. The van der Waals surface area contributed by atoms with E-state index in [1.165, 1.54) is 12.4 Å². The van der Waals surface area contributed by atoms with Gasteiger partial charge in [-0.05, 0) is 12.1 Å². The van der Waals surface area contributed by atoms with Gasteiger partial charge in [0.05, 0.1) is 6.61 Å². The molecule has 100 valence electrons. The monoisotopic (exact) mass is 286 g/mol. The molecule has 2 aromatic carbocycles. The number of benzene rings is 2. The van der Waals surface area contributed by atoms with Gasteiger partial charge in [-0.25, -0.2) is 9.97 Å². The molecule has 1 N–H and O–H groups in total. The summed E-state index contributed by atoms with van der Waals surface area (Å²) in [5, 5.41) is 11.4. The van der Waals surface area contributed by atoms with E-state index in [2.05, 4.69) is 9.97 Å². The van der Waals surface area contributed by atoms with Crippen LogP contribution in [0, 0.1) is 0 Å². The Bertz CT molecular complexity index is 744. The van der Waals surface area contributed by atoms with E-state index in [1.807, 2.05) is 24.3 Å². The van der Waals surface area contributed by atoms with E-state index in [1.54, 1.807) is 12.1 Å². The molecule has 1 heterocycles. The van der Waals surface area contributed by atoms with Gasteiger partial charge in [-0.3, -0.25) is 0 Å². The molecule has 0 radical (unpaired) electrons. The van der Waals surface area contributed by atoms with Crippen LogP contribution in [0.3, 0.4) is 0 Å². The van der Waals surface area contributed by atoms with Gasteiger partial charge in [0.2, 0.25) is 0 Å². The molecule has 5 heteroatoms. The molecule has 4 nitrogen and oxygen atoms in total. The Hall–Kier alpha value is -2.17. The molecule has 0 aliphatic heterocycles. The smallest absolute Gasteiger partial charge is 0.321 e. The molecule has 0 fully saturated rings. The van der Waals surface area contributed by atoms with E-state index in [0.29, 0.717) is 16.3 Å². The van der Waals surface area contributed by atoms with Crippen LogP contribution in [-0.2, 0) is 6.61 Å². The predicted molar refractivity (Wildman–Crippen MR) is 77.0 cm³/mol. The van der Waals surface area contributed by atoms with Gasteiger partial charge in [-0.2, -0.15) is 0 Å². The van der Waals surface area contributed by atoms with Crippen molar-refractivity contribution < 1.29 is 9.84 Å². The zero-order valence-corrected chi connectivity index (χ0v) is 11.2. The van der Waals surface area contributed by atoms with Crippen molar-refractivity contribution in [3.05, 3.63) is 59.4 Å². The van der Waals surface area contributed by atoms with Crippen LogP contribution in [0.4, 0.5) is 0 Å². The minimum atomic E-state index is -0.0931. The maximum Gasteiger partial charge on any atom is 0.321 e. The van der Waals surface area contributed by atoms with Gasteiger partial charge >= 0.3 is 6.01 Å². The fourth-order valence-electron chi connectivity index (χ4n) is 1.90. The van der Waals surface area contributed by atoms with Gasteiger partial charge in [-0.15, -0.1) is 0 Å². The maximum atomic E-state index is 8.95. The number of nitrogens with zero attached hydrogens (tertiary/aromatic N) is 2. The van der Waals surface area contributed by atoms with Gasteiger partial charge in [-0.1, -0.05) is 35.9 Å². The highest BCUT2D eigenvalue weighted by molar-refractivity contribution is 6.35. The molecule has 0 saturated heterocycles. The van der Waals surface area contributed by atoms with Crippen molar-refractivity contribution in [2.24, 2.45) is 0 Å². The van der Waals surface area contributed by atoms with Crippen molar-refractivity contribution in [2.45, 2.75) is 6.61 Å². The Morgan fingerprint density at radius 1 is 1.00 bits per heavy atom. The summed E-state index contributed by atoms with van der Waals surface area (Å²) in [7, 11) is 0. The molecule has 3 aromatic rings. The summed E-state index contributed by atoms with van der Waals surface area (Å²) >= 11 is 6.16. The Morgan fingerprint density at radius 2 is 1.70 bits per heavy atom. The molecule has 0 atom stereocenters. The van der Waals surface area contributed by atoms with Gasteiger partial charge in [0.1, 0.15) is 5.75 Å². The van der Waals surface area contributed by atoms with Gasteiger partial charge < -0.3 is 9.84 Å². The normalized spacial score (nSPS) is 10.7. The fraction of sp³-hybridized carbons (Fsp3) is 0.0667. The molecular formula is C15H11ClN2O2. The second kappa shape index (κ2) is 5.45. The summed E-state index contributed by atoms with van der Waals surface area (Å²) in [6.45, 7) is -0.0931. The van der Waals surface area contributed by atoms with E-state index in [-0.39, 0.29) is 12.6 Å². The van der Waals surface area contributed by atoms with E-state index in [9.17, 15) is 0 Å². The molecular weight excluding hydrogens is 276 g/mol. The highest BCUT2D eigenvalue weighted by atomic mass is 35.5. The number of rotatable bonds is 3. The number of aromatic nitrogens is 2. The van der Waals surface area contributed by atoms with Crippen LogP contribution in [-0.4, -0.2) is 15.1 Å². The molecule has 0 spiro atoms. The summed E-state index contributed by atoms with van der Waals surface area (Å²) in [6.07, 6.45) is 3.06. The topological polar surface area (TPSA) is 55.2 Å². The minimum Gasteiger partial charge on any atom is -0.424 e. The first-order valence-corrected chi connectivity index (χ1v) is 6.42. The lowest BCUT2D eigenvalue weighted by Crippen LogP contribution is -1.94. The minimum absolute atomic E-state index is 0.0931. The molecule has 1 aromatic heterocycles. The largest absolute Gasteiger partial charge is 0.424 e. The average molecular weight is 287 g/mol. The van der Waals surface area contributed by atoms with Crippen molar-refractivity contribution >= 4 is 22.4 Å². The summed E-state index contributed by atoms with van der Waals surface area (Å²) < 4.78 is 5.68. The second-order valence-corrected chi connectivity index (χ2v) is 4.63. The Labute approximate surface area is 120 Å². The summed E-state index contributed by atoms with van der Waals surface area (Å²) in [5.41, 5.74) is 0.637. The first kappa shape index (κ1) is 12.8. The summed E-state index contributed by atoms with van der Waals surface area (Å²) in [5.74, 6) is 0.641. The lowest BCUT2D eigenvalue weighted by molar-refractivity contribution is 0.280. The van der Waals surface area contributed by atoms with Crippen LogP contribution in [0.25, 0.3) is 10.8 Å². The third-order valence-electron chi connectivity index (χ3n) is 2.90. The van der Waals surface area contributed by atoms with Crippen molar-refractivity contribution in [1.82, 2.24) is 9.97 Å². The van der Waals surface area contributed by atoms with E-state index in [0.717, 1.165) is 10.8 Å². The van der Waals surface area contributed by atoms with E-state index >= 15 is 0 Å². The SMILES string of the molecule is OCc1cnc(Oc2ccc(Cl)c3ccccc23)nc1. The molecule has 0 unspecified atom stereocenters. The highest BCUT2D eigenvalue weighted by Crippen LogP contribution is 2.32. The summed E-state index contributed by atoms with van der Waals surface area (Å²) in [4.78, 5) is 8.10. The number of fused-ring (bicyclic) bond motifs is 1. The van der Waals surface area contributed by atoms with Crippen molar-refractivity contribution in [3.63, 3.8) is 0 Å². The summed E-state index contributed by atoms with van der Waals surface area (Å²) in [6, 6.07) is 11.5. The van der Waals surface area contributed by atoms with Crippen molar-refractivity contribution in [1.29, 1.82) is 0 Å². The third kappa shape index (κ3) is 2.43. The van der Waals surface area contributed by atoms with Crippen LogP contribution < -0.4 is 4.74 Å². The first-order valence-electron chi connectivity index (χ1n) is 6.05. The number of ether oxygens (including phenoxy) is 1. The predicted octanol–water partition coefficient (Wildman–Crippen LogP) is 3.57. The Balaban J connectivity index is 2.00. The zero-order chi connectivity index (χ0) is 13.9. The standard InChI is InChI=1S/C15H11ClN2O2/c16-13-5-6-14(12-4-2-1-3-11(12)13)20-15-17-7-10(9-19)8-18-15/h1-8,19H,9H2. The van der Waals surface area contributed by atoms with E-state index in [4.69, 9.17) is 21.4 Å². The lowest BCUT2D eigenvalue weighted by atomic mass is 10.1. The van der Waals surface area contributed by atoms with Gasteiger partial charge in [0, 0.05) is 33.8 Å². The molecule has 0 aliphatic rings.